The number of hydrogen-bond donors (Lipinski definition) is 2. The van der Waals surface area contributed by atoms with E-state index in [0.717, 1.165) is 16.8 Å². The van der Waals surface area contributed by atoms with Crippen LogP contribution in [0.25, 0.3) is 5.57 Å². The fourth-order valence-corrected chi connectivity index (χ4v) is 4.16. The van der Waals surface area contributed by atoms with Crippen molar-refractivity contribution in [3.63, 3.8) is 0 Å². The van der Waals surface area contributed by atoms with Crippen LogP contribution in [0, 0.1) is 6.92 Å². The Kier molecular flexibility index (Phi) is 5.51. The third-order valence-electron chi connectivity index (χ3n) is 5.30. The smallest absolute Gasteiger partial charge is 0.335 e. The SMILES string of the molecule is CC1=CC(C)(C)N(C(C)C)c2cc(C)c(/C=N\Nc3ccc(C(=O)O)cc3)cc21. The van der Waals surface area contributed by atoms with E-state index in [1.54, 1.807) is 24.3 Å². The van der Waals surface area contributed by atoms with Crippen LogP contribution in [0.1, 0.15) is 61.7 Å². The Morgan fingerprint density at radius 3 is 2.41 bits per heavy atom. The number of carboxylic acid groups (broad SMARTS) is 1. The maximum Gasteiger partial charge on any atom is 0.335 e. The molecule has 152 valence electrons. The molecule has 1 aliphatic heterocycles. The number of anilines is 2. The van der Waals surface area contributed by atoms with E-state index in [9.17, 15) is 4.79 Å². The van der Waals surface area contributed by atoms with Crippen LogP contribution < -0.4 is 10.3 Å². The van der Waals surface area contributed by atoms with Gasteiger partial charge < -0.3 is 10.0 Å². The first-order chi connectivity index (χ1) is 13.6. The second-order valence-electron chi connectivity index (χ2n) is 8.42. The van der Waals surface area contributed by atoms with Gasteiger partial charge in [0.15, 0.2) is 0 Å². The van der Waals surface area contributed by atoms with Crippen LogP contribution in [-0.4, -0.2) is 28.9 Å². The number of aromatic carboxylic acids is 1. The number of hydrazone groups is 1. The number of nitrogens with one attached hydrogen (secondary N) is 1. The van der Waals surface area contributed by atoms with Crippen LogP contribution >= 0.6 is 0 Å². The van der Waals surface area contributed by atoms with Crippen molar-refractivity contribution in [2.75, 3.05) is 10.3 Å². The van der Waals surface area contributed by atoms with Crippen LogP contribution in [0.3, 0.4) is 0 Å². The molecule has 2 aromatic rings. The molecule has 3 rings (SSSR count). The molecule has 0 fully saturated rings. The van der Waals surface area contributed by atoms with Gasteiger partial charge in [-0.2, -0.15) is 5.10 Å². The van der Waals surface area contributed by atoms with Crippen LogP contribution in [-0.2, 0) is 0 Å². The summed E-state index contributed by atoms with van der Waals surface area (Å²) in [5, 5.41) is 13.3. The van der Waals surface area contributed by atoms with Gasteiger partial charge in [-0.15, -0.1) is 0 Å². The zero-order valence-corrected chi connectivity index (χ0v) is 17.9. The quantitative estimate of drug-likeness (QED) is 0.518. The number of aryl methyl sites for hydroxylation is 1. The minimum atomic E-state index is -0.938. The molecule has 0 unspecified atom stereocenters. The highest BCUT2D eigenvalue weighted by atomic mass is 16.4. The van der Waals surface area contributed by atoms with Gasteiger partial charge >= 0.3 is 5.97 Å². The Hall–Kier alpha value is -3.08. The van der Waals surface area contributed by atoms with E-state index in [2.05, 4.69) is 75.2 Å². The van der Waals surface area contributed by atoms with E-state index in [1.165, 1.54) is 16.8 Å². The molecule has 5 heteroatoms. The molecule has 0 radical (unpaired) electrons. The molecular weight excluding hydrogens is 362 g/mol. The van der Waals surface area contributed by atoms with Crippen molar-refractivity contribution >= 4 is 29.1 Å². The predicted molar refractivity (Wildman–Crippen MR) is 121 cm³/mol. The monoisotopic (exact) mass is 391 g/mol. The highest BCUT2D eigenvalue weighted by Gasteiger charge is 2.33. The molecule has 5 nitrogen and oxygen atoms in total. The molecule has 0 aliphatic carbocycles. The van der Waals surface area contributed by atoms with Crippen molar-refractivity contribution in [3.05, 3.63) is 64.7 Å². The molecule has 0 bridgehead atoms. The van der Waals surface area contributed by atoms with Gasteiger partial charge in [0.2, 0.25) is 0 Å². The predicted octanol–water partition coefficient (Wildman–Crippen LogP) is 5.55. The van der Waals surface area contributed by atoms with E-state index >= 15 is 0 Å². The lowest BCUT2D eigenvalue weighted by Gasteiger charge is -2.46. The Balaban J connectivity index is 1.88. The summed E-state index contributed by atoms with van der Waals surface area (Å²) in [4.78, 5) is 13.4. The summed E-state index contributed by atoms with van der Waals surface area (Å²) < 4.78 is 0. The summed E-state index contributed by atoms with van der Waals surface area (Å²) in [5.74, 6) is -0.938. The highest BCUT2D eigenvalue weighted by Crippen LogP contribution is 2.41. The lowest BCUT2D eigenvalue weighted by molar-refractivity contribution is 0.0697. The molecule has 0 amide bonds. The van der Waals surface area contributed by atoms with Crippen molar-refractivity contribution < 1.29 is 9.90 Å². The van der Waals surface area contributed by atoms with Crippen molar-refractivity contribution in [2.45, 2.75) is 53.1 Å². The maximum absolute atomic E-state index is 10.9. The van der Waals surface area contributed by atoms with E-state index in [0.29, 0.717) is 6.04 Å². The minimum Gasteiger partial charge on any atom is -0.478 e. The molecule has 1 aliphatic rings. The van der Waals surface area contributed by atoms with Crippen molar-refractivity contribution in [3.8, 4) is 0 Å². The highest BCUT2D eigenvalue weighted by molar-refractivity contribution is 5.90. The number of rotatable bonds is 5. The molecule has 0 atom stereocenters. The average Bonchev–Trinajstić information content (AvgIpc) is 2.62. The van der Waals surface area contributed by atoms with Gasteiger partial charge in [-0.3, -0.25) is 5.43 Å². The number of fused-ring (bicyclic) bond motifs is 1. The molecule has 2 aromatic carbocycles. The van der Waals surface area contributed by atoms with Gasteiger partial charge in [0.25, 0.3) is 0 Å². The van der Waals surface area contributed by atoms with E-state index < -0.39 is 5.97 Å². The third kappa shape index (κ3) is 4.19. The van der Waals surface area contributed by atoms with E-state index in [4.69, 9.17) is 5.11 Å². The maximum atomic E-state index is 10.9. The van der Waals surface area contributed by atoms with Gasteiger partial charge in [0, 0.05) is 17.3 Å². The van der Waals surface area contributed by atoms with E-state index in [-0.39, 0.29) is 11.1 Å². The average molecular weight is 392 g/mol. The van der Waals surface area contributed by atoms with Crippen LogP contribution in [0.5, 0.6) is 0 Å². The molecular formula is C24H29N3O2. The molecule has 0 spiro atoms. The Bertz CT molecular complexity index is 986. The summed E-state index contributed by atoms with van der Waals surface area (Å²) in [6.45, 7) is 13.2. The fourth-order valence-electron chi connectivity index (χ4n) is 4.16. The largest absolute Gasteiger partial charge is 0.478 e. The second-order valence-corrected chi connectivity index (χ2v) is 8.42. The molecule has 0 saturated heterocycles. The number of carboxylic acids is 1. The first-order valence-electron chi connectivity index (χ1n) is 9.86. The van der Waals surface area contributed by atoms with Gasteiger partial charge in [-0.25, -0.2) is 4.79 Å². The second kappa shape index (κ2) is 7.74. The first-order valence-corrected chi connectivity index (χ1v) is 9.86. The normalized spacial score (nSPS) is 15.4. The van der Waals surface area contributed by atoms with Gasteiger partial charge in [0.1, 0.15) is 0 Å². The minimum absolute atomic E-state index is 0.0308. The summed E-state index contributed by atoms with van der Waals surface area (Å²) in [5.41, 5.74) is 9.91. The number of allylic oxidation sites excluding steroid dienone is 1. The zero-order chi connectivity index (χ0) is 21.3. The summed E-state index contributed by atoms with van der Waals surface area (Å²) in [6.07, 6.45) is 4.14. The number of carbonyl (C=O) groups is 1. The number of benzene rings is 2. The van der Waals surface area contributed by atoms with Gasteiger partial charge in [0.05, 0.1) is 23.0 Å². The van der Waals surface area contributed by atoms with Crippen LogP contribution in [0.2, 0.25) is 0 Å². The molecule has 0 saturated carbocycles. The molecule has 0 aromatic heterocycles. The Morgan fingerprint density at radius 1 is 1.17 bits per heavy atom. The van der Waals surface area contributed by atoms with Crippen LogP contribution in [0.15, 0.2) is 47.6 Å². The summed E-state index contributed by atoms with van der Waals surface area (Å²) >= 11 is 0. The van der Waals surface area contributed by atoms with Crippen molar-refractivity contribution in [2.24, 2.45) is 5.10 Å². The Morgan fingerprint density at radius 2 is 1.83 bits per heavy atom. The fraction of sp³-hybridized carbons (Fsp3) is 0.333. The number of nitrogens with zero attached hydrogens (tertiary/aromatic N) is 2. The van der Waals surface area contributed by atoms with Crippen LogP contribution in [0.4, 0.5) is 11.4 Å². The van der Waals surface area contributed by atoms with Gasteiger partial charge in [-0.05, 0) is 94.6 Å². The zero-order valence-electron chi connectivity index (χ0n) is 17.9. The third-order valence-corrected chi connectivity index (χ3v) is 5.30. The van der Waals surface area contributed by atoms with Crippen molar-refractivity contribution in [1.82, 2.24) is 0 Å². The summed E-state index contributed by atoms with van der Waals surface area (Å²) in [6, 6.07) is 11.4. The Labute approximate surface area is 172 Å². The van der Waals surface area contributed by atoms with Crippen molar-refractivity contribution in [1.29, 1.82) is 0 Å². The molecule has 29 heavy (non-hydrogen) atoms. The molecule has 1 heterocycles. The van der Waals surface area contributed by atoms with E-state index in [1.807, 2.05) is 6.21 Å². The number of hydrogen-bond acceptors (Lipinski definition) is 4. The lowest BCUT2D eigenvalue weighted by Crippen LogP contribution is -2.49. The summed E-state index contributed by atoms with van der Waals surface area (Å²) in [7, 11) is 0. The lowest BCUT2D eigenvalue weighted by atomic mass is 9.86. The topological polar surface area (TPSA) is 64.9 Å². The molecule has 2 N–H and O–H groups in total. The standard InChI is InChI=1S/C24H29N3O2/c1-15(2)27-22-11-16(3)19(12-21(22)17(4)13-24(27,5)6)14-25-26-20-9-7-18(8-10-20)23(28)29/h7-15,26H,1-6H3,(H,28,29)/b25-14-. The van der Waals surface area contributed by atoms with Gasteiger partial charge in [-0.1, -0.05) is 6.08 Å². The first kappa shape index (κ1) is 20.6.